The van der Waals surface area contributed by atoms with Crippen molar-refractivity contribution in [3.8, 4) is 0 Å². The number of aliphatic hydroxyl groups excluding tert-OH is 1. The van der Waals surface area contributed by atoms with Crippen LogP contribution in [0.15, 0.2) is 24.3 Å². The summed E-state index contributed by atoms with van der Waals surface area (Å²) < 4.78 is 5.61. The molecule has 3 atom stereocenters. The zero-order valence-corrected chi connectivity index (χ0v) is 12.3. The van der Waals surface area contributed by atoms with Crippen LogP contribution in [-0.4, -0.2) is 41.8 Å². The normalized spacial score (nSPS) is 31.6. The van der Waals surface area contributed by atoms with Gasteiger partial charge in [-0.1, -0.05) is 31.2 Å². The lowest BCUT2D eigenvalue weighted by Crippen LogP contribution is -2.52. The van der Waals surface area contributed by atoms with Crippen LogP contribution in [0, 0.1) is 0 Å². The first kappa shape index (κ1) is 14.1. The second-order valence-corrected chi connectivity index (χ2v) is 5.98. The maximum Gasteiger partial charge on any atom is 0.0947 e. The van der Waals surface area contributed by atoms with E-state index in [-0.39, 0.29) is 12.1 Å². The summed E-state index contributed by atoms with van der Waals surface area (Å²) in [4.78, 5) is 2.50. The third-order valence-corrected chi connectivity index (χ3v) is 4.85. The van der Waals surface area contributed by atoms with Gasteiger partial charge >= 0.3 is 0 Å². The number of aliphatic hydroxyl groups is 1. The van der Waals surface area contributed by atoms with Crippen LogP contribution in [0.2, 0.25) is 0 Å². The van der Waals surface area contributed by atoms with E-state index in [9.17, 15) is 5.11 Å². The monoisotopic (exact) mass is 275 g/mol. The molecule has 3 unspecified atom stereocenters. The lowest BCUT2D eigenvalue weighted by molar-refractivity contribution is -0.0625. The number of ether oxygens (including phenoxy) is 1. The maximum absolute atomic E-state index is 10.9. The van der Waals surface area contributed by atoms with Crippen molar-refractivity contribution in [2.75, 3.05) is 19.8 Å². The van der Waals surface area contributed by atoms with Crippen LogP contribution in [0.3, 0.4) is 0 Å². The molecule has 110 valence electrons. The van der Waals surface area contributed by atoms with Crippen LogP contribution in [-0.2, 0) is 11.2 Å². The van der Waals surface area contributed by atoms with Crippen LogP contribution < -0.4 is 0 Å². The number of benzene rings is 1. The van der Waals surface area contributed by atoms with Gasteiger partial charge in [0.1, 0.15) is 0 Å². The molecule has 0 spiro atoms. The first-order valence-electron chi connectivity index (χ1n) is 7.90. The fraction of sp³-hybridized carbons (Fsp3) is 0.647. The molecular formula is C17H25NO2. The number of fused-ring (bicyclic) bond motifs is 1. The molecule has 1 N–H and O–H groups in total. The van der Waals surface area contributed by atoms with Crippen LogP contribution >= 0.6 is 0 Å². The van der Waals surface area contributed by atoms with Gasteiger partial charge in [0.05, 0.1) is 19.3 Å². The second-order valence-electron chi connectivity index (χ2n) is 5.98. The Labute approximate surface area is 121 Å². The summed E-state index contributed by atoms with van der Waals surface area (Å²) in [6.07, 6.45) is 4.05. The van der Waals surface area contributed by atoms with Crippen molar-refractivity contribution in [1.29, 1.82) is 0 Å². The van der Waals surface area contributed by atoms with E-state index in [2.05, 4.69) is 30.0 Å². The van der Waals surface area contributed by atoms with E-state index in [1.807, 2.05) is 6.07 Å². The average Bonchev–Trinajstić information content (AvgIpc) is 2.67. The number of rotatable bonds is 2. The largest absolute Gasteiger partial charge is 0.387 e. The third-order valence-electron chi connectivity index (χ3n) is 4.85. The van der Waals surface area contributed by atoms with Gasteiger partial charge in [-0.25, -0.2) is 0 Å². The lowest BCUT2D eigenvalue weighted by Gasteiger charge is -2.42. The number of morpholine rings is 1. The molecular weight excluding hydrogens is 250 g/mol. The first-order chi connectivity index (χ1) is 9.81. The maximum atomic E-state index is 10.9. The number of hydrogen-bond donors (Lipinski definition) is 1. The zero-order chi connectivity index (χ0) is 13.9. The molecule has 0 aromatic heterocycles. The van der Waals surface area contributed by atoms with Gasteiger partial charge in [0.15, 0.2) is 0 Å². The predicted molar refractivity (Wildman–Crippen MR) is 79.7 cm³/mol. The third kappa shape index (κ3) is 2.62. The van der Waals surface area contributed by atoms with Gasteiger partial charge in [0, 0.05) is 18.6 Å². The molecule has 0 amide bonds. The van der Waals surface area contributed by atoms with Gasteiger partial charge in [0.25, 0.3) is 0 Å². The smallest absolute Gasteiger partial charge is 0.0947 e. The summed E-state index contributed by atoms with van der Waals surface area (Å²) in [6.45, 7) is 4.76. The Kier molecular flexibility index (Phi) is 4.39. The van der Waals surface area contributed by atoms with E-state index >= 15 is 0 Å². The molecule has 3 rings (SSSR count). The standard InChI is InChI=1S/C17H25NO2/c1-2-14-12-20-11-10-18(14)16-9-5-7-13-6-3-4-8-15(13)17(16)19/h3-4,6,8,14,16-17,19H,2,5,7,9-12H2,1H3. The van der Waals surface area contributed by atoms with Crippen molar-refractivity contribution in [1.82, 2.24) is 4.90 Å². The van der Waals surface area contributed by atoms with Crippen molar-refractivity contribution in [3.05, 3.63) is 35.4 Å². The van der Waals surface area contributed by atoms with Crippen molar-refractivity contribution in [2.45, 2.75) is 50.8 Å². The fourth-order valence-corrected chi connectivity index (χ4v) is 3.72. The van der Waals surface area contributed by atoms with Crippen LogP contribution in [0.5, 0.6) is 0 Å². The predicted octanol–water partition coefficient (Wildman–Crippen LogP) is 2.54. The molecule has 1 heterocycles. The Morgan fingerprint density at radius 1 is 1.35 bits per heavy atom. The van der Waals surface area contributed by atoms with E-state index in [4.69, 9.17) is 4.74 Å². The SMILES string of the molecule is CCC1COCCN1C1CCCc2ccccc2C1O. The molecule has 2 aliphatic rings. The summed E-state index contributed by atoms with van der Waals surface area (Å²) in [6, 6.07) is 9.08. The summed E-state index contributed by atoms with van der Waals surface area (Å²) in [5.74, 6) is 0. The fourth-order valence-electron chi connectivity index (χ4n) is 3.72. The second kappa shape index (κ2) is 6.25. The molecule has 3 nitrogen and oxygen atoms in total. The van der Waals surface area contributed by atoms with Crippen molar-refractivity contribution < 1.29 is 9.84 Å². The average molecular weight is 275 g/mol. The van der Waals surface area contributed by atoms with Gasteiger partial charge in [0.2, 0.25) is 0 Å². The van der Waals surface area contributed by atoms with E-state index < -0.39 is 0 Å². The quantitative estimate of drug-likeness (QED) is 0.842. The van der Waals surface area contributed by atoms with Gasteiger partial charge in [-0.3, -0.25) is 4.90 Å². The highest BCUT2D eigenvalue weighted by Crippen LogP contribution is 2.33. The van der Waals surface area contributed by atoms with Gasteiger partial charge in [-0.2, -0.15) is 0 Å². The van der Waals surface area contributed by atoms with Crippen LogP contribution in [0.1, 0.15) is 43.4 Å². The van der Waals surface area contributed by atoms with Gasteiger partial charge in [-0.05, 0) is 36.8 Å². The van der Waals surface area contributed by atoms with E-state index in [1.54, 1.807) is 0 Å². The summed E-state index contributed by atoms with van der Waals surface area (Å²) in [5.41, 5.74) is 2.46. The highest BCUT2D eigenvalue weighted by molar-refractivity contribution is 5.31. The minimum atomic E-state index is -0.360. The Morgan fingerprint density at radius 3 is 3.05 bits per heavy atom. The molecule has 20 heavy (non-hydrogen) atoms. The zero-order valence-electron chi connectivity index (χ0n) is 12.3. The molecule has 1 aliphatic carbocycles. The van der Waals surface area contributed by atoms with Crippen molar-refractivity contribution in [2.24, 2.45) is 0 Å². The Balaban J connectivity index is 1.86. The minimum absolute atomic E-state index is 0.243. The van der Waals surface area contributed by atoms with Gasteiger partial charge < -0.3 is 9.84 Å². The minimum Gasteiger partial charge on any atom is -0.387 e. The molecule has 0 bridgehead atoms. The number of hydrogen-bond acceptors (Lipinski definition) is 3. The van der Waals surface area contributed by atoms with Crippen LogP contribution in [0.4, 0.5) is 0 Å². The molecule has 0 radical (unpaired) electrons. The van der Waals surface area contributed by atoms with Gasteiger partial charge in [-0.15, -0.1) is 0 Å². The highest BCUT2D eigenvalue weighted by Gasteiger charge is 2.35. The molecule has 1 aliphatic heterocycles. The Morgan fingerprint density at radius 2 is 2.20 bits per heavy atom. The molecule has 3 heteroatoms. The Bertz CT molecular complexity index is 448. The number of aryl methyl sites for hydroxylation is 1. The summed E-state index contributed by atoms with van der Waals surface area (Å²) >= 11 is 0. The summed E-state index contributed by atoms with van der Waals surface area (Å²) in [7, 11) is 0. The molecule has 1 fully saturated rings. The lowest BCUT2D eigenvalue weighted by atomic mass is 9.96. The van der Waals surface area contributed by atoms with Crippen molar-refractivity contribution in [3.63, 3.8) is 0 Å². The topological polar surface area (TPSA) is 32.7 Å². The number of nitrogens with zero attached hydrogens (tertiary/aromatic N) is 1. The van der Waals surface area contributed by atoms with Crippen molar-refractivity contribution >= 4 is 0 Å². The summed E-state index contributed by atoms with van der Waals surface area (Å²) in [5, 5.41) is 10.9. The molecule has 1 aromatic rings. The molecule has 1 saturated heterocycles. The van der Waals surface area contributed by atoms with E-state index in [0.29, 0.717) is 6.04 Å². The molecule has 1 aromatic carbocycles. The Hall–Kier alpha value is -0.900. The molecule has 0 saturated carbocycles. The van der Waals surface area contributed by atoms with E-state index in [0.717, 1.165) is 51.0 Å². The first-order valence-corrected chi connectivity index (χ1v) is 7.90. The highest BCUT2D eigenvalue weighted by atomic mass is 16.5. The van der Waals surface area contributed by atoms with Crippen LogP contribution in [0.25, 0.3) is 0 Å². The van der Waals surface area contributed by atoms with E-state index in [1.165, 1.54) is 5.56 Å².